The van der Waals surface area contributed by atoms with Crippen molar-refractivity contribution in [1.29, 1.82) is 0 Å². The monoisotopic (exact) mass is 392 g/mol. The summed E-state index contributed by atoms with van der Waals surface area (Å²) in [6.07, 6.45) is 1.73. The zero-order valence-electron chi connectivity index (χ0n) is 16.3. The molecule has 0 aliphatic carbocycles. The van der Waals surface area contributed by atoms with Crippen LogP contribution in [-0.2, 0) is 16.4 Å². The minimum absolute atomic E-state index is 0.247. The second kappa shape index (κ2) is 8.08. The second-order valence-electron chi connectivity index (χ2n) is 7.70. The second-order valence-corrected chi connectivity index (χ2v) is 9.64. The van der Waals surface area contributed by atoms with E-state index in [1.54, 1.807) is 28.6 Å². The number of hydrogen-bond donors (Lipinski definition) is 1. The first-order valence-corrected chi connectivity index (χ1v) is 10.8. The topological polar surface area (TPSA) is 88.3 Å². The van der Waals surface area contributed by atoms with E-state index in [1.807, 2.05) is 14.0 Å². The zero-order chi connectivity index (χ0) is 19.6. The summed E-state index contributed by atoms with van der Waals surface area (Å²) in [7, 11) is -1.60. The highest BCUT2D eigenvalue weighted by atomic mass is 32.2. The van der Waals surface area contributed by atoms with Crippen LogP contribution in [-0.4, -0.2) is 49.0 Å². The summed E-state index contributed by atoms with van der Waals surface area (Å²) in [4.78, 5) is 4.69. The Balaban J connectivity index is 1.77. The molecule has 2 aromatic rings. The fraction of sp³-hybridized carbons (Fsp3) is 0.579. The molecule has 0 amide bonds. The van der Waals surface area contributed by atoms with Gasteiger partial charge in [0.05, 0.1) is 4.90 Å². The SMILES string of the molecule is CNC(C)Cc1noc(-c2ccc(S(=O)(=O)N3CC(C)CC(C)C3)cc2)n1. The molecule has 1 saturated heterocycles. The Hall–Kier alpha value is -1.77. The van der Waals surface area contributed by atoms with Crippen molar-refractivity contribution in [3.8, 4) is 11.5 Å². The van der Waals surface area contributed by atoms with Crippen molar-refractivity contribution in [1.82, 2.24) is 19.8 Å². The number of hydrogen-bond acceptors (Lipinski definition) is 6. The highest BCUT2D eigenvalue weighted by Gasteiger charge is 2.31. The first-order chi connectivity index (χ1) is 12.8. The Labute approximate surface area is 161 Å². The van der Waals surface area contributed by atoms with Crippen molar-refractivity contribution in [3.05, 3.63) is 30.1 Å². The first-order valence-electron chi connectivity index (χ1n) is 9.40. The largest absolute Gasteiger partial charge is 0.334 e. The van der Waals surface area contributed by atoms with Gasteiger partial charge in [0.15, 0.2) is 5.82 Å². The van der Waals surface area contributed by atoms with Crippen LogP contribution in [0.1, 0.15) is 33.0 Å². The Bertz CT molecular complexity index is 853. The number of benzene rings is 1. The van der Waals surface area contributed by atoms with Crippen LogP contribution in [0.4, 0.5) is 0 Å². The van der Waals surface area contributed by atoms with E-state index in [1.165, 1.54) is 0 Å². The van der Waals surface area contributed by atoms with Crippen LogP contribution < -0.4 is 5.32 Å². The van der Waals surface area contributed by atoms with Gasteiger partial charge in [-0.05, 0) is 56.5 Å². The molecule has 0 bridgehead atoms. The smallest absolute Gasteiger partial charge is 0.257 e. The highest BCUT2D eigenvalue weighted by molar-refractivity contribution is 7.89. The Morgan fingerprint density at radius 2 is 1.85 bits per heavy atom. The van der Waals surface area contributed by atoms with Crippen molar-refractivity contribution >= 4 is 10.0 Å². The maximum Gasteiger partial charge on any atom is 0.257 e. The number of nitrogens with zero attached hydrogens (tertiary/aromatic N) is 3. The molecule has 0 saturated carbocycles. The molecule has 3 unspecified atom stereocenters. The molecule has 1 fully saturated rings. The molecular weight excluding hydrogens is 364 g/mol. The first kappa shape index (κ1) is 20.0. The third kappa shape index (κ3) is 4.56. The molecule has 27 heavy (non-hydrogen) atoms. The molecule has 148 valence electrons. The predicted molar refractivity (Wildman–Crippen MR) is 104 cm³/mol. The van der Waals surface area contributed by atoms with Crippen LogP contribution in [0.15, 0.2) is 33.7 Å². The van der Waals surface area contributed by atoms with Crippen LogP contribution in [0.25, 0.3) is 11.5 Å². The van der Waals surface area contributed by atoms with E-state index in [0.717, 1.165) is 6.42 Å². The predicted octanol–water partition coefficient (Wildman–Crippen LogP) is 2.55. The molecule has 1 aromatic carbocycles. The molecule has 8 heteroatoms. The fourth-order valence-electron chi connectivity index (χ4n) is 3.55. The lowest BCUT2D eigenvalue weighted by molar-refractivity contribution is 0.222. The van der Waals surface area contributed by atoms with E-state index in [-0.39, 0.29) is 6.04 Å². The summed E-state index contributed by atoms with van der Waals surface area (Å²) in [5, 5.41) is 7.12. The van der Waals surface area contributed by atoms with Gasteiger partial charge in [-0.3, -0.25) is 0 Å². The lowest BCUT2D eigenvalue weighted by atomic mass is 9.94. The molecule has 1 aliphatic rings. The van der Waals surface area contributed by atoms with Crippen molar-refractivity contribution in [2.45, 2.75) is 44.6 Å². The number of piperidine rings is 1. The van der Waals surface area contributed by atoms with Crippen LogP contribution in [0.2, 0.25) is 0 Å². The third-order valence-electron chi connectivity index (χ3n) is 5.02. The summed E-state index contributed by atoms with van der Waals surface area (Å²) in [6.45, 7) is 7.39. The quantitative estimate of drug-likeness (QED) is 0.813. The summed E-state index contributed by atoms with van der Waals surface area (Å²) in [6, 6.07) is 6.94. The fourth-order valence-corrected chi connectivity index (χ4v) is 5.23. The van der Waals surface area contributed by atoms with E-state index in [4.69, 9.17) is 4.52 Å². The van der Waals surface area contributed by atoms with E-state index in [9.17, 15) is 8.42 Å². The number of sulfonamides is 1. The number of rotatable bonds is 6. The molecule has 2 heterocycles. The van der Waals surface area contributed by atoms with Gasteiger partial charge in [0, 0.05) is 31.1 Å². The molecule has 1 N–H and O–H groups in total. The van der Waals surface area contributed by atoms with Crippen molar-refractivity contribution in [3.63, 3.8) is 0 Å². The highest BCUT2D eigenvalue weighted by Crippen LogP contribution is 2.28. The lowest BCUT2D eigenvalue weighted by Crippen LogP contribution is -2.42. The lowest BCUT2D eigenvalue weighted by Gasteiger charge is -2.34. The van der Waals surface area contributed by atoms with Crippen LogP contribution >= 0.6 is 0 Å². The molecule has 0 spiro atoms. The van der Waals surface area contributed by atoms with Gasteiger partial charge in [0.25, 0.3) is 5.89 Å². The van der Waals surface area contributed by atoms with Gasteiger partial charge >= 0.3 is 0 Å². The third-order valence-corrected chi connectivity index (χ3v) is 6.87. The summed E-state index contributed by atoms with van der Waals surface area (Å²) >= 11 is 0. The van der Waals surface area contributed by atoms with Gasteiger partial charge < -0.3 is 9.84 Å². The summed E-state index contributed by atoms with van der Waals surface area (Å²) in [5.41, 5.74) is 0.713. The normalized spacial score (nSPS) is 22.7. The van der Waals surface area contributed by atoms with E-state index in [2.05, 4.69) is 29.3 Å². The number of likely N-dealkylation sites (N-methyl/N-ethyl adjacent to an activating group) is 1. The Morgan fingerprint density at radius 3 is 2.44 bits per heavy atom. The number of aromatic nitrogens is 2. The zero-order valence-corrected chi connectivity index (χ0v) is 17.2. The average Bonchev–Trinajstić information content (AvgIpc) is 3.09. The average molecular weight is 393 g/mol. The minimum atomic E-state index is -3.48. The number of nitrogens with one attached hydrogen (secondary N) is 1. The van der Waals surface area contributed by atoms with Gasteiger partial charge in [-0.15, -0.1) is 0 Å². The molecule has 3 rings (SSSR count). The van der Waals surface area contributed by atoms with E-state index >= 15 is 0 Å². The van der Waals surface area contributed by atoms with Gasteiger partial charge in [-0.25, -0.2) is 8.42 Å². The molecular formula is C19H28N4O3S. The molecule has 1 aromatic heterocycles. The summed E-state index contributed by atoms with van der Waals surface area (Å²) in [5.74, 6) is 1.77. The van der Waals surface area contributed by atoms with E-state index < -0.39 is 10.0 Å². The maximum absolute atomic E-state index is 13.0. The maximum atomic E-state index is 13.0. The molecule has 3 atom stereocenters. The summed E-state index contributed by atoms with van der Waals surface area (Å²) < 4.78 is 32.8. The van der Waals surface area contributed by atoms with Gasteiger partial charge in [-0.2, -0.15) is 9.29 Å². The van der Waals surface area contributed by atoms with Crippen molar-refractivity contribution in [2.24, 2.45) is 11.8 Å². The Kier molecular flexibility index (Phi) is 5.98. The van der Waals surface area contributed by atoms with Gasteiger partial charge in [-0.1, -0.05) is 19.0 Å². The van der Waals surface area contributed by atoms with Crippen LogP contribution in [0.5, 0.6) is 0 Å². The van der Waals surface area contributed by atoms with Crippen LogP contribution in [0.3, 0.4) is 0 Å². The van der Waals surface area contributed by atoms with Crippen molar-refractivity contribution in [2.75, 3.05) is 20.1 Å². The van der Waals surface area contributed by atoms with Gasteiger partial charge in [0.1, 0.15) is 0 Å². The van der Waals surface area contributed by atoms with Crippen molar-refractivity contribution < 1.29 is 12.9 Å². The molecule has 1 aliphatic heterocycles. The molecule has 7 nitrogen and oxygen atoms in total. The minimum Gasteiger partial charge on any atom is -0.334 e. The molecule has 0 radical (unpaired) electrons. The standard InChI is InChI=1S/C19H28N4O3S/c1-13-9-14(2)12-23(11-13)27(24,25)17-7-5-16(6-8-17)19-21-18(22-26-19)10-15(3)20-4/h5-8,13-15,20H,9-12H2,1-4H3. The Morgan fingerprint density at radius 1 is 1.22 bits per heavy atom. The van der Waals surface area contributed by atoms with Crippen LogP contribution in [0, 0.1) is 11.8 Å². The van der Waals surface area contributed by atoms with Gasteiger partial charge in [0.2, 0.25) is 10.0 Å². The van der Waals surface area contributed by atoms with E-state index in [0.29, 0.717) is 53.5 Å².